The smallest absolute Gasteiger partial charge is 0.301 e. The summed E-state index contributed by atoms with van der Waals surface area (Å²) in [5.74, 6) is -1.25. The van der Waals surface area contributed by atoms with Gasteiger partial charge in [-0.25, -0.2) is 9.37 Å². The number of fused-ring (bicyclic) bond motifs is 1. The highest BCUT2D eigenvalue weighted by molar-refractivity contribution is 7.22. The van der Waals surface area contributed by atoms with Crippen LogP contribution in [0.5, 0.6) is 11.5 Å². The lowest BCUT2D eigenvalue weighted by molar-refractivity contribution is -0.132. The molecule has 5 rings (SSSR count). The molecule has 1 N–H and O–H groups in total. The summed E-state index contributed by atoms with van der Waals surface area (Å²) in [5.41, 5.74) is 1.35. The summed E-state index contributed by atoms with van der Waals surface area (Å²) in [7, 11) is 3.05. The van der Waals surface area contributed by atoms with E-state index in [1.54, 1.807) is 48.5 Å². The highest BCUT2D eigenvalue weighted by atomic mass is 32.1. The molecule has 7 nitrogen and oxygen atoms in total. The number of benzene rings is 3. The number of halogens is 1. The number of methoxy groups -OCH3 is 2. The standard InChI is InChI=1S/C26H19FN2O5S/c1-33-17-8-3-14(4-9-17)22-21(23(30)15-5-10-18(34-2)11-6-15)24(31)25(32)29(22)26-28-19-12-7-16(27)13-20(19)35-26/h3-13,22,30H,1-2H3/t22-/m1/s1. The van der Waals surface area contributed by atoms with Crippen molar-refractivity contribution in [2.45, 2.75) is 6.04 Å². The molecule has 1 amide bonds. The predicted octanol–water partition coefficient (Wildman–Crippen LogP) is 5.08. The van der Waals surface area contributed by atoms with Crippen molar-refractivity contribution < 1.29 is 28.6 Å². The molecule has 4 aromatic rings. The maximum Gasteiger partial charge on any atom is 0.301 e. The number of carbonyl (C=O) groups excluding carboxylic acids is 2. The normalized spacial score (nSPS) is 17.2. The van der Waals surface area contributed by atoms with Crippen molar-refractivity contribution in [2.24, 2.45) is 0 Å². The molecule has 1 atom stereocenters. The van der Waals surface area contributed by atoms with Crippen LogP contribution in [0.25, 0.3) is 16.0 Å². The summed E-state index contributed by atoms with van der Waals surface area (Å²) in [4.78, 5) is 32.3. The van der Waals surface area contributed by atoms with Crippen LogP contribution in [-0.2, 0) is 9.59 Å². The molecule has 0 spiro atoms. The number of aliphatic hydroxyl groups is 1. The van der Waals surface area contributed by atoms with Crippen molar-refractivity contribution >= 4 is 44.1 Å². The van der Waals surface area contributed by atoms with Crippen molar-refractivity contribution in [2.75, 3.05) is 19.1 Å². The molecule has 0 aliphatic carbocycles. The number of aliphatic hydroxyl groups excluding tert-OH is 1. The minimum atomic E-state index is -0.951. The lowest BCUT2D eigenvalue weighted by Gasteiger charge is -2.23. The Morgan fingerprint density at radius 2 is 1.60 bits per heavy atom. The van der Waals surface area contributed by atoms with Gasteiger partial charge < -0.3 is 14.6 Å². The number of anilines is 1. The fourth-order valence-electron chi connectivity index (χ4n) is 4.03. The molecule has 2 heterocycles. The molecule has 1 fully saturated rings. The molecule has 3 aromatic carbocycles. The lowest BCUT2D eigenvalue weighted by atomic mass is 9.95. The van der Waals surface area contributed by atoms with E-state index in [9.17, 15) is 19.1 Å². The fraction of sp³-hybridized carbons (Fsp3) is 0.115. The number of aromatic nitrogens is 1. The van der Waals surface area contributed by atoms with E-state index in [1.807, 2.05) is 0 Å². The van der Waals surface area contributed by atoms with Crippen LogP contribution in [0.4, 0.5) is 9.52 Å². The highest BCUT2D eigenvalue weighted by Crippen LogP contribution is 2.44. The maximum atomic E-state index is 13.8. The van der Waals surface area contributed by atoms with E-state index >= 15 is 0 Å². The van der Waals surface area contributed by atoms with Crippen LogP contribution < -0.4 is 14.4 Å². The zero-order chi connectivity index (χ0) is 24.7. The van der Waals surface area contributed by atoms with Crippen LogP contribution in [0.1, 0.15) is 17.2 Å². The van der Waals surface area contributed by atoms with Crippen molar-refractivity contribution in [3.8, 4) is 11.5 Å². The number of hydrogen-bond donors (Lipinski definition) is 1. The van der Waals surface area contributed by atoms with Crippen molar-refractivity contribution in [3.63, 3.8) is 0 Å². The van der Waals surface area contributed by atoms with Crippen LogP contribution in [0.15, 0.2) is 72.3 Å². The molecule has 1 aromatic heterocycles. The Bertz CT molecular complexity index is 1480. The lowest BCUT2D eigenvalue weighted by Crippen LogP contribution is -2.29. The van der Waals surface area contributed by atoms with E-state index in [2.05, 4.69) is 4.98 Å². The molecule has 0 saturated carbocycles. The van der Waals surface area contributed by atoms with Gasteiger partial charge in [-0.2, -0.15) is 0 Å². The second-order valence-electron chi connectivity index (χ2n) is 7.78. The summed E-state index contributed by atoms with van der Waals surface area (Å²) in [6.45, 7) is 0. The molecule has 35 heavy (non-hydrogen) atoms. The minimum absolute atomic E-state index is 0.0734. The number of rotatable bonds is 5. The van der Waals surface area contributed by atoms with E-state index in [0.717, 1.165) is 11.3 Å². The molecule has 1 aliphatic heterocycles. The van der Waals surface area contributed by atoms with Gasteiger partial charge in [0.25, 0.3) is 5.78 Å². The van der Waals surface area contributed by atoms with Crippen LogP contribution in [-0.4, -0.2) is 36.0 Å². The molecule has 176 valence electrons. The van der Waals surface area contributed by atoms with E-state index in [4.69, 9.17) is 9.47 Å². The number of amides is 1. The average molecular weight is 491 g/mol. The average Bonchev–Trinajstić information content (AvgIpc) is 3.41. The van der Waals surface area contributed by atoms with Gasteiger partial charge in [0, 0.05) is 5.56 Å². The number of thiazole rings is 1. The highest BCUT2D eigenvalue weighted by Gasteiger charge is 2.48. The molecule has 1 saturated heterocycles. The van der Waals surface area contributed by atoms with Gasteiger partial charge in [0.2, 0.25) is 0 Å². The zero-order valence-corrected chi connectivity index (χ0v) is 19.5. The molecular formula is C26H19FN2O5S. The summed E-state index contributed by atoms with van der Waals surface area (Å²) in [5, 5.41) is 11.4. The molecule has 9 heteroatoms. The Hall–Kier alpha value is -4.24. The number of carbonyl (C=O) groups is 2. The van der Waals surface area contributed by atoms with Gasteiger partial charge in [-0.1, -0.05) is 23.5 Å². The monoisotopic (exact) mass is 490 g/mol. The number of nitrogens with zero attached hydrogens (tertiary/aromatic N) is 2. The molecule has 0 bridgehead atoms. The van der Waals surface area contributed by atoms with Crippen LogP contribution in [0, 0.1) is 5.82 Å². The van der Waals surface area contributed by atoms with Gasteiger partial charge in [-0.15, -0.1) is 0 Å². The Kier molecular flexibility index (Phi) is 5.70. The van der Waals surface area contributed by atoms with Crippen molar-refractivity contribution in [3.05, 3.63) is 89.2 Å². The summed E-state index contributed by atoms with van der Waals surface area (Å²) < 4.78 is 24.7. The second-order valence-corrected chi connectivity index (χ2v) is 8.79. The first kappa shape index (κ1) is 22.5. The van der Waals surface area contributed by atoms with Gasteiger partial charge in [0.05, 0.1) is 36.1 Å². The summed E-state index contributed by atoms with van der Waals surface area (Å²) >= 11 is 1.09. The van der Waals surface area contributed by atoms with Crippen LogP contribution in [0.2, 0.25) is 0 Å². The number of ether oxygens (including phenoxy) is 2. The first-order valence-corrected chi connectivity index (χ1v) is 11.4. The minimum Gasteiger partial charge on any atom is -0.507 e. The Morgan fingerprint density at radius 1 is 0.971 bits per heavy atom. The third-order valence-electron chi connectivity index (χ3n) is 5.78. The van der Waals surface area contributed by atoms with Gasteiger partial charge in [-0.05, 0) is 60.2 Å². The van der Waals surface area contributed by atoms with Crippen LogP contribution in [0.3, 0.4) is 0 Å². The second kappa shape index (κ2) is 8.84. The van der Waals surface area contributed by atoms with Gasteiger partial charge in [-0.3, -0.25) is 14.5 Å². The first-order valence-electron chi connectivity index (χ1n) is 10.6. The third-order valence-corrected chi connectivity index (χ3v) is 6.80. The molecule has 0 radical (unpaired) electrons. The third kappa shape index (κ3) is 3.89. The van der Waals surface area contributed by atoms with Crippen molar-refractivity contribution in [1.82, 2.24) is 4.98 Å². The molecule has 1 aliphatic rings. The maximum absolute atomic E-state index is 13.8. The first-order chi connectivity index (χ1) is 16.9. The Morgan fingerprint density at radius 3 is 2.23 bits per heavy atom. The van der Waals surface area contributed by atoms with E-state index in [0.29, 0.717) is 32.8 Å². The zero-order valence-electron chi connectivity index (χ0n) is 18.7. The van der Waals surface area contributed by atoms with Crippen molar-refractivity contribution in [1.29, 1.82) is 0 Å². The predicted molar refractivity (Wildman–Crippen MR) is 130 cm³/mol. The SMILES string of the molecule is COc1ccc(C(O)=C2C(=O)C(=O)N(c3nc4ccc(F)cc4s3)[C@@H]2c2ccc(OC)cc2)cc1. The van der Waals surface area contributed by atoms with Gasteiger partial charge in [0.15, 0.2) is 5.13 Å². The summed E-state index contributed by atoms with van der Waals surface area (Å²) in [6, 6.07) is 16.5. The number of ketones is 1. The fourth-order valence-corrected chi connectivity index (χ4v) is 5.04. The van der Waals surface area contributed by atoms with Gasteiger partial charge >= 0.3 is 5.91 Å². The Labute approximate surface area is 203 Å². The summed E-state index contributed by atoms with van der Waals surface area (Å²) in [6.07, 6.45) is 0. The van der Waals surface area contributed by atoms with E-state index in [-0.39, 0.29) is 16.5 Å². The van der Waals surface area contributed by atoms with E-state index in [1.165, 1.54) is 37.3 Å². The Balaban J connectivity index is 1.70. The van der Waals surface area contributed by atoms with Crippen LogP contribution >= 0.6 is 11.3 Å². The van der Waals surface area contributed by atoms with E-state index < -0.39 is 23.5 Å². The largest absolute Gasteiger partial charge is 0.507 e. The number of hydrogen-bond acceptors (Lipinski definition) is 7. The molecular weight excluding hydrogens is 471 g/mol. The quantitative estimate of drug-likeness (QED) is 0.239. The van der Waals surface area contributed by atoms with Gasteiger partial charge in [0.1, 0.15) is 23.1 Å². The molecule has 0 unspecified atom stereocenters. The topological polar surface area (TPSA) is 89.0 Å². The number of Topliss-reactive ketones (excluding diaryl/α,β-unsaturated/α-hetero) is 1.